The molecule has 28 heavy (non-hydrogen) atoms. The molecule has 2 unspecified atom stereocenters. The van der Waals surface area contributed by atoms with E-state index in [0.29, 0.717) is 22.7 Å². The number of pyridine rings is 1. The lowest BCUT2D eigenvalue weighted by Gasteiger charge is -2.32. The number of aromatic nitrogens is 1. The van der Waals surface area contributed by atoms with Crippen molar-refractivity contribution in [3.8, 4) is 0 Å². The lowest BCUT2D eigenvalue weighted by Crippen LogP contribution is -2.46. The van der Waals surface area contributed by atoms with Crippen molar-refractivity contribution in [1.29, 1.82) is 0 Å². The molecule has 1 aliphatic rings. The first-order valence-electron chi connectivity index (χ1n) is 9.05. The van der Waals surface area contributed by atoms with Crippen LogP contribution in [0, 0.1) is 11.7 Å². The molecule has 1 fully saturated rings. The van der Waals surface area contributed by atoms with Gasteiger partial charge in [0.1, 0.15) is 12.0 Å². The maximum absolute atomic E-state index is 13.5. The number of rotatable bonds is 5. The summed E-state index contributed by atoms with van der Waals surface area (Å²) >= 11 is 6.36. The van der Waals surface area contributed by atoms with Crippen LogP contribution in [-0.4, -0.2) is 16.8 Å². The number of halogens is 2. The lowest BCUT2D eigenvalue weighted by molar-refractivity contribution is -0.125. The number of benzene rings is 1. The number of amides is 2. The Balaban J connectivity index is 1.80. The summed E-state index contributed by atoms with van der Waals surface area (Å²) in [5.74, 6) is -0.777. The normalized spacial score (nSPS) is 19.4. The van der Waals surface area contributed by atoms with Gasteiger partial charge in [-0.05, 0) is 29.3 Å². The molecule has 0 aliphatic carbocycles. The molecule has 2 aromatic rings. The molecule has 3 N–H and O–H groups in total. The Morgan fingerprint density at radius 2 is 2.14 bits per heavy atom. The van der Waals surface area contributed by atoms with Crippen LogP contribution in [-0.2, 0) is 16.1 Å². The molecular formula is C20H22ClFN4O2. The van der Waals surface area contributed by atoms with Gasteiger partial charge in [0, 0.05) is 41.7 Å². The number of hydrogen-bond acceptors (Lipinski definition) is 4. The fourth-order valence-electron chi connectivity index (χ4n) is 3.03. The first-order chi connectivity index (χ1) is 13.3. The zero-order valence-corrected chi connectivity index (χ0v) is 16.4. The highest BCUT2D eigenvalue weighted by atomic mass is 35.5. The smallest absolute Gasteiger partial charge is 0.223 e. The molecule has 1 aromatic carbocycles. The Kier molecular flexibility index (Phi) is 6.26. The second-order valence-corrected chi connectivity index (χ2v) is 7.50. The largest absolute Gasteiger partial charge is 0.352 e. The molecule has 1 aliphatic heterocycles. The van der Waals surface area contributed by atoms with Crippen molar-refractivity contribution >= 4 is 23.4 Å². The van der Waals surface area contributed by atoms with Gasteiger partial charge in [-0.15, -0.1) is 0 Å². The number of nitrogens with one attached hydrogen (secondary N) is 3. The summed E-state index contributed by atoms with van der Waals surface area (Å²) in [4.78, 5) is 27.9. The molecule has 6 nitrogen and oxygen atoms in total. The molecule has 0 saturated carbocycles. The molecule has 0 bridgehead atoms. The van der Waals surface area contributed by atoms with Crippen molar-refractivity contribution in [2.45, 2.75) is 39.0 Å². The Labute approximate surface area is 167 Å². The standard InChI is InChI=1S/C20H22ClFN4O2/c1-11(2)20(28)24-8-12-3-4-16(21)15(5-12)19-25-17(7-18(27)26-19)13-6-14(22)10-23-9-13/h3-6,9-11,17,19,25H,7-8H2,1-2H3,(H,24,28)(H,26,27). The van der Waals surface area contributed by atoms with Crippen molar-refractivity contribution in [2.75, 3.05) is 0 Å². The van der Waals surface area contributed by atoms with E-state index in [0.717, 1.165) is 11.8 Å². The summed E-state index contributed by atoms with van der Waals surface area (Å²) < 4.78 is 13.5. The van der Waals surface area contributed by atoms with Gasteiger partial charge in [-0.2, -0.15) is 0 Å². The van der Waals surface area contributed by atoms with Crippen LogP contribution in [0.3, 0.4) is 0 Å². The lowest BCUT2D eigenvalue weighted by atomic mass is 9.99. The van der Waals surface area contributed by atoms with E-state index in [4.69, 9.17) is 11.6 Å². The summed E-state index contributed by atoms with van der Waals surface area (Å²) in [6.07, 6.45) is 2.29. The first-order valence-corrected chi connectivity index (χ1v) is 9.43. The van der Waals surface area contributed by atoms with Gasteiger partial charge in [-0.25, -0.2) is 4.39 Å². The third kappa shape index (κ3) is 4.85. The average Bonchev–Trinajstić information content (AvgIpc) is 2.66. The van der Waals surface area contributed by atoms with Crippen LogP contribution < -0.4 is 16.0 Å². The molecule has 1 saturated heterocycles. The van der Waals surface area contributed by atoms with Gasteiger partial charge in [0.25, 0.3) is 0 Å². The van der Waals surface area contributed by atoms with E-state index < -0.39 is 12.0 Å². The minimum Gasteiger partial charge on any atom is -0.352 e. The van der Waals surface area contributed by atoms with Crippen LogP contribution in [0.1, 0.15) is 49.2 Å². The Morgan fingerprint density at radius 1 is 1.36 bits per heavy atom. The zero-order valence-electron chi connectivity index (χ0n) is 15.6. The zero-order chi connectivity index (χ0) is 20.3. The topological polar surface area (TPSA) is 83.1 Å². The number of hydrogen-bond donors (Lipinski definition) is 3. The minimum atomic E-state index is -0.539. The summed E-state index contributed by atoms with van der Waals surface area (Å²) in [6, 6.07) is 6.37. The van der Waals surface area contributed by atoms with E-state index in [-0.39, 0.29) is 30.2 Å². The summed E-state index contributed by atoms with van der Waals surface area (Å²) in [5.41, 5.74) is 2.13. The second kappa shape index (κ2) is 8.67. The predicted molar refractivity (Wildman–Crippen MR) is 104 cm³/mol. The van der Waals surface area contributed by atoms with Crippen LogP contribution in [0.2, 0.25) is 5.02 Å². The Morgan fingerprint density at radius 3 is 2.86 bits per heavy atom. The van der Waals surface area contributed by atoms with Crippen LogP contribution in [0.5, 0.6) is 0 Å². The number of nitrogens with zero attached hydrogens (tertiary/aromatic N) is 1. The second-order valence-electron chi connectivity index (χ2n) is 7.09. The molecule has 8 heteroatoms. The third-order valence-electron chi connectivity index (χ3n) is 4.55. The number of carbonyl (C=O) groups excluding carboxylic acids is 2. The molecule has 148 valence electrons. The van der Waals surface area contributed by atoms with E-state index in [1.165, 1.54) is 12.3 Å². The highest BCUT2D eigenvalue weighted by molar-refractivity contribution is 6.31. The van der Waals surface area contributed by atoms with Crippen molar-refractivity contribution in [2.24, 2.45) is 5.92 Å². The van der Waals surface area contributed by atoms with Crippen molar-refractivity contribution < 1.29 is 14.0 Å². The van der Waals surface area contributed by atoms with Crippen molar-refractivity contribution in [1.82, 2.24) is 20.9 Å². The summed E-state index contributed by atoms with van der Waals surface area (Å²) in [6.45, 7) is 4.01. The van der Waals surface area contributed by atoms with Crippen molar-refractivity contribution in [3.05, 3.63) is 64.2 Å². The monoisotopic (exact) mass is 404 g/mol. The predicted octanol–water partition coefficient (Wildman–Crippen LogP) is 3.00. The van der Waals surface area contributed by atoms with E-state index in [1.807, 2.05) is 26.0 Å². The molecule has 2 heterocycles. The summed E-state index contributed by atoms with van der Waals surface area (Å²) in [7, 11) is 0. The summed E-state index contributed by atoms with van der Waals surface area (Å²) in [5, 5.41) is 9.49. The molecule has 2 atom stereocenters. The van der Waals surface area contributed by atoms with Crippen molar-refractivity contribution in [3.63, 3.8) is 0 Å². The van der Waals surface area contributed by atoms with E-state index in [2.05, 4.69) is 20.9 Å². The fourth-order valence-corrected chi connectivity index (χ4v) is 3.25. The highest BCUT2D eigenvalue weighted by Crippen LogP contribution is 2.29. The van der Waals surface area contributed by atoms with Crippen LogP contribution >= 0.6 is 11.6 Å². The van der Waals surface area contributed by atoms with Gasteiger partial charge in [-0.3, -0.25) is 19.9 Å². The molecule has 3 rings (SSSR count). The van der Waals surface area contributed by atoms with Crippen LogP contribution in [0.4, 0.5) is 4.39 Å². The van der Waals surface area contributed by atoms with Gasteiger partial charge in [0.2, 0.25) is 11.8 Å². The fraction of sp³-hybridized carbons (Fsp3) is 0.350. The van der Waals surface area contributed by atoms with E-state index in [1.54, 1.807) is 6.07 Å². The minimum absolute atomic E-state index is 0.0423. The van der Waals surface area contributed by atoms with Gasteiger partial charge >= 0.3 is 0 Å². The molecule has 0 spiro atoms. The highest BCUT2D eigenvalue weighted by Gasteiger charge is 2.29. The van der Waals surface area contributed by atoms with Gasteiger partial charge in [-0.1, -0.05) is 31.5 Å². The molecule has 2 amide bonds. The van der Waals surface area contributed by atoms with Gasteiger partial charge < -0.3 is 10.6 Å². The maximum Gasteiger partial charge on any atom is 0.223 e. The first kappa shape index (κ1) is 20.2. The maximum atomic E-state index is 13.5. The Hall–Kier alpha value is -2.51. The molecular weight excluding hydrogens is 383 g/mol. The molecule has 1 aromatic heterocycles. The van der Waals surface area contributed by atoms with Gasteiger partial charge in [0.05, 0.1) is 6.20 Å². The van der Waals surface area contributed by atoms with Crippen LogP contribution in [0.15, 0.2) is 36.7 Å². The van der Waals surface area contributed by atoms with E-state index in [9.17, 15) is 14.0 Å². The average molecular weight is 405 g/mol. The molecule has 0 radical (unpaired) electrons. The SMILES string of the molecule is CC(C)C(=O)NCc1ccc(Cl)c(C2NC(=O)CC(c3cncc(F)c3)N2)c1. The van der Waals surface area contributed by atoms with Crippen LogP contribution in [0.25, 0.3) is 0 Å². The Bertz CT molecular complexity index is 890. The van der Waals surface area contributed by atoms with Gasteiger partial charge in [0.15, 0.2) is 0 Å². The third-order valence-corrected chi connectivity index (χ3v) is 4.90. The quantitative estimate of drug-likeness (QED) is 0.715. The van der Waals surface area contributed by atoms with E-state index >= 15 is 0 Å². The number of carbonyl (C=O) groups is 2.